The number of hydrogen-bond donors (Lipinski definition) is 1. The van der Waals surface area contributed by atoms with Crippen LogP contribution in [0.4, 0.5) is 5.69 Å². The van der Waals surface area contributed by atoms with Crippen molar-refractivity contribution in [3.05, 3.63) is 48.8 Å². The third-order valence-electron chi connectivity index (χ3n) is 6.67. The highest BCUT2D eigenvalue weighted by atomic mass is 16.5. The Morgan fingerprint density at radius 1 is 1.18 bits per heavy atom. The summed E-state index contributed by atoms with van der Waals surface area (Å²) in [5.74, 6) is 1.11. The summed E-state index contributed by atoms with van der Waals surface area (Å²) in [6, 6.07) is 3.64. The molecule has 0 spiro atoms. The second kappa shape index (κ2) is 10.3. The van der Waals surface area contributed by atoms with Crippen molar-refractivity contribution >= 4 is 28.5 Å². The van der Waals surface area contributed by atoms with Gasteiger partial charge in [-0.25, -0.2) is 4.98 Å². The first-order valence-electron chi connectivity index (χ1n) is 11.9. The Bertz CT molecular complexity index is 1040. The number of anilines is 1. The Hall–Kier alpha value is -2.93. The van der Waals surface area contributed by atoms with E-state index in [2.05, 4.69) is 18.5 Å². The Morgan fingerprint density at radius 3 is 2.55 bits per heavy atom. The van der Waals surface area contributed by atoms with Gasteiger partial charge in [-0.2, -0.15) is 0 Å². The molecule has 7 heteroatoms. The largest absolute Gasteiger partial charge is 0.370 e. The van der Waals surface area contributed by atoms with Gasteiger partial charge in [0.25, 0.3) is 5.91 Å². The first-order valence-corrected chi connectivity index (χ1v) is 11.9. The number of nitrogens with zero attached hydrogens (tertiary/aromatic N) is 3. The van der Waals surface area contributed by atoms with Crippen molar-refractivity contribution in [3.8, 4) is 0 Å². The highest BCUT2D eigenvalue weighted by Crippen LogP contribution is 2.33. The van der Waals surface area contributed by atoms with Gasteiger partial charge in [-0.15, -0.1) is 13.2 Å². The lowest BCUT2D eigenvalue weighted by Gasteiger charge is -2.21. The van der Waals surface area contributed by atoms with Crippen molar-refractivity contribution in [2.24, 2.45) is 13.0 Å². The van der Waals surface area contributed by atoms with E-state index in [-0.39, 0.29) is 17.9 Å². The van der Waals surface area contributed by atoms with Crippen LogP contribution >= 0.6 is 0 Å². The van der Waals surface area contributed by atoms with Gasteiger partial charge in [0.1, 0.15) is 11.9 Å². The van der Waals surface area contributed by atoms with Crippen LogP contribution in [0.3, 0.4) is 0 Å². The van der Waals surface area contributed by atoms with Crippen LogP contribution in [0.15, 0.2) is 37.4 Å². The van der Waals surface area contributed by atoms with Crippen molar-refractivity contribution in [1.29, 1.82) is 0 Å². The zero-order valence-electron chi connectivity index (χ0n) is 19.5. The predicted molar refractivity (Wildman–Crippen MR) is 130 cm³/mol. The fraction of sp³-hybridized carbons (Fsp3) is 0.500. The molecule has 2 aromatic rings. The van der Waals surface area contributed by atoms with Crippen LogP contribution in [-0.4, -0.2) is 46.0 Å². The van der Waals surface area contributed by atoms with Crippen LogP contribution in [0.5, 0.6) is 0 Å². The van der Waals surface area contributed by atoms with Gasteiger partial charge in [0.2, 0.25) is 5.91 Å². The van der Waals surface area contributed by atoms with Crippen LogP contribution in [-0.2, 0) is 16.6 Å². The summed E-state index contributed by atoms with van der Waals surface area (Å²) in [5, 5.41) is 3.03. The number of carbonyl (C=O) groups is 2. The fourth-order valence-electron chi connectivity index (χ4n) is 5.09. The third-order valence-corrected chi connectivity index (χ3v) is 6.67. The first-order chi connectivity index (χ1) is 16.0. The summed E-state index contributed by atoms with van der Waals surface area (Å²) < 4.78 is 7.83. The van der Waals surface area contributed by atoms with Gasteiger partial charge in [-0.05, 0) is 43.7 Å². The molecule has 2 aliphatic rings. The van der Waals surface area contributed by atoms with Crippen LogP contribution in [0.2, 0.25) is 0 Å². The molecule has 1 aliphatic carbocycles. The Morgan fingerprint density at radius 2 is 1.91 bits per heavy atom. The second-order valence-corrected chi connectivity index (χ2v) is 9.11. The lowest BCUT2D eigenvalue weighted by atomic mass is 10.0. The van der Waals surface area contributed by atoms with Gasteiger partial charge in [-0.1, -0.05) is 25.0 Å². The van der Waals surface area contributed by atoms with Crippen molar-refractivity contribution in [2.75, 3.05) is 25.0 Å². The number of imidazole rings is 1. The molecule has 2 amide bonds. The summed E-state index contributed by atoms with van der Waals surface area (Å²) >= 11 is 0. The average molecular weight is 451 g/mol. The van der Waals surface area contributed by atoms with Crippen molar-refractivity contribution < 1.29 is 14.3 Å². The van der Waals surface area contributed by atoms with Gasteiger partial charge in [0.15, 0.2) is 0 Å². The molecular formula is C26H34N4O3. The Balaban J connectivity index is 1.72. The first kappa shape index (κ1) is 23.2. The molecule has 2 heterocycles. The van der Waals surface area contributed by atoms with E-state index >= 15 is 0 Å². The van der Waals surface area contributed by atoms with E-state index in [1.54, 1.807) is 23.1 Å². The maximum atomic E-state index is 13.6. The van der Waals surface area contributed by atoms with Gasteiger partial charge < -0.3 is 19.5 Å². The molecule has 33 heavy (non-hydrogen) atoms. The van der Waals surface area contributed by atoms with Crippen molar-refractivity contribution in [3.63, 3.8) is 0 Å². The zero-order valence-corrected chi connectivity index (χ0v) is 19.5. The summed E-state index contributed by atoms with van der Waals surface area (Å²) in [6.45, 7) is 9.09. The molecule has 176 valence electrons. The molecule has 1 N–H and O–H groups in total. The van der Waals surface area contributed by atoms with Gasteiger partial charge in [0, 0.05) is 38.9 Å². The van der Waals surface area contributed by atoms with E-state index in [0.717, 1.165) is 37.0 Å². The number of ether oxygens (including phenoxy) is 1. The minimum Gasteiger partial charge on any atom is -0.370 e. The average Bonchev–Trinajstić information content (AvgIpc) is 3.55. The summed E-state index contributed by atoms with van der Waals surface area (Å²) in [7, 11) is 1.92. The van der Waals surface area contributed by atoms with Crippen molar-refractivity contribution in [1.82, 2.24) is 14.5 Å². The maximum Gasteiger partial charge on any atom is 0.256 e. The molecule has 1 aromatic heterocycles. The second-order valence-electron chi connectivity index (χ2n) is 9.11. The molecule has 0 radical (unpaired) electrons. The highest BCUT2D eigenvalue weighted by Gasteiger charge is 2.27. The van der Waals surface area contributed by atoms with E-state index in [1.165, 1.54) is 12.8 Å². The lowest BCUT2D eigenvalue weighted by molar-refractivity contribution is -0.117. The number of carbonyl (C=O) groups excluding carboxylic acids is 2. The number of rotatable bonds is 9. The molecule has 1 saturated heterocycles. The van der Waals surface area contributed by atoms with Crippen LogP contribution < -0.4 is 5.32 Å². The molecule has 0 unspecified atom stereocenters. The number of benzene rings is 1. The van der Waals surface area contributed by atoms with E-state index in [9.17, 15) is 9.59 Å². The fourth-order valence-corrected chi connectivity index (χ4v) is 5.09. The van der Waals surface area contributed by atoms with E-state index < -0.39 is 0 Å². The molecule has 0 bridgehead atoms. The number of aromatic nitrogens is 2. The quantitative estimate of drug-likeness (QED) is 0.559. The Labute approximate surface area is 195 Å². The summed E-state index contributed by atoms with van der Waals surface area (Å²) in [4.78, 5) is 32.8. The molecule has 1 aliphatic heterocycles. The molecule has 1 saturated carbocycles. The Kier molecular flexibility index (Phi) is 7.28. The highest BCUT2D eigenvalue weighted by molar-refractivity contribution is 6.07. The smallest absolute Gasteiger partial charge is 0.256 e. The zero-order chi connectivity index (χ0) is 23.4. The number of hydrogen-bond acceptors (Lipinski definition) is 4. The van der Waals surface area contributed by atoms with Gasteiger partial charge >= 0.3 is 0 Å². The van der Waals surface area contributed by atoms with Crippen LogP contribution in [0, 0.1) is 5.92 Å². The van der Waals surface area contributed by atoms with Crippen LogP contribution in [0.1, 0.15) is 67.2 Å². The molecule has 4 rings (SSSR count). The number of aryl methyl sites for hydroxylation is 1. The van der Waals surface area contributed by atoms with E-state index in [1.807, 2.05) is 17.7 Å². The maximum absolute atomic E-state index is 13.6. The van der Waals surface area contributed by atoms with Crippen molar-refractivity contribution in [2.45, 2.75) is 51.0 Å². The molecule has 1 aromatic carbocycles. The molecular weight excluding hydrogens is 416 g/mol. The predicted octanol–water partition coefficient (Wildman–Crippen LogP) is 4.76. The van der Waals surface area contributed by atoms with E-state index in [4.69, 9.17) is 9.72 Å². The number of amides is 2. The van der Waals surface area contributed by atoms with Crippen LogP contribution in [0.25, 0.3) is 11.0 Å². The minimum atomic E-state index is -0.145. The monoisotopic (exact) mass is 450 g/mol. The van der Waals surface area contributed by atoms with E-state index in [0.29, 0.717) is 48.8 Å². The minimum absolute atomic E-state index is 0.0102. The number of fused-ring (bicyclic) bond motifs is 1. The standard InChI is InChI=1S/C26H34N4O3/c1-4-12-30(13-5-2)26(32)20-16-19(27-23(31)15-18-9-6-7-10-18)17-21-24(20)29(3)25(28-21)22-11-8-14-33-22/h4-5,16-18,22H,1-2,6-15H2,3H3,(H,27,31)/t22-/m1/s1. The van der Waals surface area contributed by atoms with Gasteiger partial charge in [-0.3, -0.25) is 9.59 Å². The topological polar surface area (TPSA) is 76.5 Å². The molecule has 2 fully saturated rings. The normalized spacial score (nSPS) is 18.5. The van der Waals surface area contributed by atoms with Gasteiger partial charge in [0.05, 0.1) is 16.6 Å². The SMILES string of the molecule is C=CCN(CC=C)C(=O)c1cc(NC(=O)CC2CCCC2)cc2nc([C@H]3CCCO3)n(C)c12. The summed E-state index contributed by atoms with van der Waals surface area (Å²) in [6.07, 6.45) is 10.4. The third kappa shape index (κ3) is 5.03. The number of nitrogens with one attached hydrogen (secondary N) is 1. The lowest BCUT2D eigenvalue weighted by Crippen LogP contribution is -2.31. The molecule has 1 atom stereocenters. The summed E-state index contributed by atoms with van der Waals surface area (Å²) in [5.41, 5.74) is 2.54. The molecule has 7 nitrogen and oxygen atoms in total.